The molecule has 0 fully saturated rings. The third-order valence-electron chi connectivity index (χ3n) is 2.48. The minimum absolute atomic E-state index is 0.0704. The number of rotatable bonds is 4. The summed E-state index contributed by atoms with van der Waals surface area (Å²) in [6.07, 6.45) is 0.989. The topological polar surface area (TPSA) is 166 Å². The molecule has 0 amide bonds. The molecule has 116 valence electrons. The van der Waals surface area contributed by atoms with E-state index in [1.54, 1.807) is 0 Å². The molecule has 0 aliphatic heterocycles. The van der Waals surface area contributed by atoms with Crippen LogP contribution in [0.4, 0.5) is 0 Å². The van der Waals surface area contributed by atoms with Gasteiger partial charge in [-0.15, -0.1) is 10.1 Å². The number of benzene rings is 1. The minimum Gasteiger partial charge on any atom is -0.370 e. The van der Waals surface area contributed by atoms with Crippen LogP contribution >= 0.6 is 0 Å². The van der Waals surface area contributed by atoms with Crippen molar-refractivity contribution in [2.24, 2.45) is 27.2 Å². The van der Waals surface area contributed by atoms with Gasteiger partial charge in [0.05, 0.1) is 0 Å². The van der Waals surface area contributed by atoms with Gasteiger partial charge in [0.2, 0.25) is 5.96 Å². The van der Waals surface area contributed by atoms with Crippen LogP contribution in [-0.2, 0) is 0 Å². The second kappa shape index (κ2) is 10.0. The Labute approximate surface area is 122 Å². The lowest BCUT2D eigenvalue weighted by Gasteiger charge is -2.12. The Kier molecular flexibility index (Phi) is 8.65. The molecule has 1 unspecified atom stereocenters. The van der Waals surface area contributed by atoms with Crippen LogP contribution in [0, 0.1) is 10.1 Å². The van der Waals surface area contributed by atoms with E-state index in [9.17, 15) is 0 Å². The molecule has 0 aromatic heterocycles. The summed E-state index contributed by atoms with van der Waals surface area (Å²) >= 11 is 0. The zero-order valence-corrected chi connectivity index (χ0v) is 11.7. The van der Waals surface area contributed by atoms with Gasteiger partial charge in [0, 0.05) is 12.5 Å². The average molecular weight is 296 g/mol. The summed E-state index contributed by atoms with van der Waals surface area (Å²) in [5.74, 6) is 0.391. The normalized spacial score (nSPS) is 11.8. The summed E-state index contributed by atoms with van der Waals surface area (Å²) in [4.78, 5) is 16.2. The lowest BCUT2D eigenvalue weighted by molar-refractivity contribution is -0.742. The van der Waals surface area contributed by atoms with Crippen LogP contribution in [0.1, 0.15) is 24.8 Å². The molecule has 0 aliphatic rings. The molecule has 0 saturated carbocycles. The molecule has 9 heteroatoms. The lowest BCUT2D eigenvalue weighted by atomic mass is 9.97. The van der Waals surface area contributed by atoms with Crippen molar-refractivity contribution in [3.63, 3.8) is 0 Å². The van der Waals surface area contributed by atoms with Crippen molar-refractivity contribution in [2.75, 3.05) is 6.54 Å². The minimum atomic E-state index is -1.50. The van der Waals surface area contributed by atoms with E-state index >= 15 is 0 Å². The quantitative estimate of drug-likeness (QED) is 0.272. The maximum absolute atomic E-state index is 8.36. The number of nitrogens with zero attached hydrogens (tertiary/aromatic N) is 3. The Morgan fingerprint density at radius 3 is 2.29 bits per heavy atom. The lowest BCUT2D eigenvalue weighted by Crippen LogP contribution is -2.26. The molecule has 0 spiro atoms. The van der Waals surface area contributed by atoms with Gasteiger partial charge in [0.25, 0.3) is 5.09 Å². The van der Waals surface area contributed by atoms with E-state index in [0.29, 0.717) is 12.5 Å². The molecular weight excluding hydrogens is 276 g/mol. The van der Waals surface area contributed by atoms with Gasteiger partial charge < -0.3 is 22.4 Å². The molecule has 1 aromatic rings. The SMILES string of the molecule is CCC(CN=C(N)N=C(N)N)c1ccccc1.O=[N+]([O-])O. The highest BCUT2D eigenvalue weighted by Crippen LogP contribution is 2.19. The molecule has 1 aromatic carbocycles. The van der Waals surface area contributed by atoms with Gasteiger partial charge in [-0.3, -0.25) is 4.99 Å². The monoisotopic (exact) mass is 296 g/mol. The van der Waals surface area contributed by atoms with Gasteiger partial charge in [-0.2, -0.15) is 4.99 Å². The van der Waals surface area contributed by atoms with Gasteiger partial charge in [-0.25, -0.2) is 0 Å². The highest BCUT2D eigenvalue weighted by molar-refractivity contribution is 5.92. The molecule has 0 radical (unpaired) electrons. The smallest absolute Gasteiger partial charge is 0.291 e. The van der Waals surface area contributed by atoms with Crippen LogP contribution in [0.2, 0.25) is 0 Å². The first-order valence-electron chi connectivity index (χ1n) is 6.14. The van der Waals surface area contributed by atoms with Crippen LogP contribution in [-0.4, -0.2) is 28.8 Å². The summed E-state index contributed by atoms with van der Waals surface area (Å²) in [6.45, 7) is 2.70. The fourth-order valence-electron chi connectivity index (χ4n) is 1.57. The Morgan fingerprint density at radius 1 is 1.33 bits per heavy atom. The summed E-state index contributed by atoms with van der Waals surface area (Å²) in [7, 11) is 0. The van der Waals surface area contributed by atoms with Crippen LogP contribution in [0.25, 0.3) is 0 Å². The number of nitrogens with two attached hydrogens (primary N) is 3. The molecule has 0 bridgehead atoms. The highest BCUT2D eigenvalue weighted by atomic mass is 16.9. The highest BCUT2D eigenvalue weighted by Gasteiger charge is 2.07. The van der Waals surface area contributed by atoms with Crippen molar-refractivity contribution >= 4 is 11.9 Å². The van der Waals surface area contributed by atoms with Gasteiger partial charge in [-0.05, 0) is 12.0 Å². The Bertz CT molecular complexity index is 481. The third-order valence-corrected chi connectivity index (χ3v) is 2.48. The summed E-state index contributed by atoms with van der Waals surface area (Å²) in [5.41, 5.74) is 17.2. The van der Waals surface area contributed by atoms with E-state index in [0.717, 1.165) is 6.42 Å². The average Bonchev–Trinajstić information content (AvgIpc) is 2.39. The standard InChI is InChI=1S/C12H19N5.HNO3/c1-2-9(10-6-4-3-5-7-10)8-16-12(15)17-11(13)14;2-1(3)4/h3-7,9H,2,8H2,1H3,(H6,13,14,15,16,17);(H,2,3,4). The van der Waals surface area contributed by atoms with Gasteiger partial charge in [-0.1, -0.05) is 37.3 Å². The first-order valence-corrected chi connectivity index (χ1v) is 6.14. The first-order chi connectivity index (χ1) is 9.86. The molecule has 0 heterocycles. The van der Waals surface area contributed by atoms with Crippen LogP contribution in [0.3, 0.4) is 0 Å². The van der Waals surface area contributed by atoms with Crippen molar-refractivity contribution in [1.29, 1.82) is 0 Å². The molecule has 0 aliphatic carbocycles. The summed E-state index contributed by atoms with van der Waals surface area (Å²) in [6, 6.07) is 10.2. The van der Waals surface area contributed by atoms with Gasteiger partial charge in [0.1, 0.15) is 0 Å². The molecule has 7 N–H and O–H groups in total. The molecule has 0 saturated heterocycles. The van der Waals surface area contributed by atoms with E-state index in [1.807, 2.05) is 18.2 Å². The van der Waals surface area contributed by atoms with Gasteiger partial charge in [0.15, 0.2) is 5.96 Å². The second-order valence-corrected chi connectivity index (χ2v) is 3.99. The van der Waals surface area contributed by atoms with E-state index in [2.05, 4.69) is 29.0 Å². The summed E-state index contributed by atoms with van der Waals surface area (Å²) < 4.78 is 0. The largest absolute Gasteiger partial charge is 0.370 e. The van der Waals surface area contributed by atoms with Crippen molar-refractivity contribution in [3.05, 3.63) is 46.0 Å². The van der Waals surface area contributed by atoms with E-state index in [1.165, 1.54) is 5.56 Å². The van der Waals surface area contributed by atoms with Crippen LogP contribution in [0.5, 0.6) is 0 Å². The van der Waals surface area contributed by atoms with Crippen molar-refractivity contribution < 1.29 is 10.3 Å². The number of guanidine groups is 2. The molecule has 1 rings (SSSR count). The zero-order chi connectivity index (χ0) is 16.3. The van der Waals surface area contributed by atoms with Crippen molar-refractivity contribution in [2.45, 2.75) is 19.3 Å². The predicted octanol–water partition coefficient (Wildman–Crippen LogP) is 0.421. The molecule has 21 heavy (non-hydrogen) atoms. The maximum Gasteiger partial charge on any atom is 0.291 e. The van der Waals surface area contributed by atoms with Gasteiger partial charge >= 0.3 is 0 Å². The Balaban J connectivity index is 0.000000885. The third kappa shape index (κ3) is 9.70. The number of hydrogen-bond acceptors (Lipinski definition) is 3. The number of hydrogen-bond donors (Lipinski definition) is 4. The van der Waals surface area contributed by atoms with E-state index in [-0.39, 0.29) is 11.9 Å². The first kappa shape index (κ1) is 18.2. The zero-order valence-electron chi connectivity index (χ0n) is 11.7. The van der Waals surface area contributed by atoms with E-state index in [4.69, 9.17) is 32.5 Å². The maximum atomic E-state index is 8.36. The van der Waals surface area contributed by atoms with Crippen LogP contribution < -0.4 is 17.2 Å². The van der Waals surface area contributed by atoms with Crippen molar-refractivity contribution in [1.82, 2.24) is 0 Å². The number of aliphatic imine (C=N–C) groups is 2. The molecular formula is C12H20N6O3. The second-order valence-electron chi connectivity index (χ2n) is 3.99. The fraction of sp³-hybridized carbons (Fsp3) is 0.333. The predicted molar refractivity (Wildman–Crippen MR) is 80.6 cm³/mol. The Morgan fingerprint density at radius 2 is 1.86 bits per heavy atom. The van der Waals surface area contributed by atoms with E-state index < -0.39 is 5.09 Å². The Hall–Kier alpha value is -2.84. The van der Waals surface area contributed by atoms with Crippen molar-refractivity contribution in [3.8, 4) is 0 Å². The van der Waals surface area contributed by atoms with Crippen LogP contribution in [0.15, 0.2) is 40.3 Å². The molecule has 1 atom stereocenters. The fourth-order valence-corrected chi connectivity index (χ4v) is 1.57. The molecule has 9 nitrogen and oxygen atoms in total. The summed E-state index contributed by atoms with van der Waals surface area (Å²) in [5, 5.41) is 13.6.